The van der Waals surface area contributed by atoms with E-state index in [0.717, 1.165) is 11.2 Å². The van der Waals surface area contributed by atoms with Crippen LogP contribution in [0.4, 0.5) is 0 Å². The van der Waals surface area contributed by atoms with E-state index in [1.165, 1.54) is 109 Å². The smallest absolute Gasteiger partial charge is 0.143 e. The fourth-order valence-electron chi connectivity index (χ4n) is 10.0. The van der Waals surface area contributed by atoms with E-state index in [1.54, 1.807) is 0 Å². The highest BCUT2D eigenvalue weighted by molar-refractivity contribution is 6.23. The first-order chi connectivity index (χ1) is 27.5. The maximum absolute atomic E-state index is 6.62. The van der Waals surface area contributed by atoms with Crippen LogP contribution in [0.5, 0.6) is 0 Å². The van der Waals surface area contributed by atoms with Gasteiger partial charge >= 0.3 is 0 Å². The van der Waals surface area contributed by atoms with Gasteiger partial charge in [0.15, 0.2) is 0 Å². The van der Waals surface area contributed by atoms with E-state index in [2.05, 4.69) is 198 Å². The molecule has 0 saturated carbocycles. The van der Waals surface area contributed by atoms with Crippen molar-refractivity contribution in [3.63, 3.8) is 0 Å². The molecule has 0 fully saturated rings. The summed E-state index contributed by atoms with van der Waals surface area (Å²) in [5, 5.41) is 12.4. The molecule has 0 N–H and O–H groups in total. The summed E-state index contributed by atoms with van der Waals surface area (Å²) >= 11 is 0. The molecule has 1 heterocycles. The van der Waals surface area contributed by atoms with E-state index >= 15 is 0 Å². The van der Waals surface area contributed by atoms with Crippen LogP contribution in [0.15, 0.2) is 162 Å². The highest BCUT2D eigenvalue weighted by Crippen LogP contribution is 2.56. The molecule has 1 heteroatoms. The first-order valence-corrected chi connectivity index (χ1v) is 19.7. The van der Waals surface area contributed by atoms with Gasteiger partial charge in [-0.3, -0.25) is 0 Å². The average Bonchev–Trinajstić information content (AvgIpc) is 3.74. The number of para-hydroxylation sites is 1. The molecule has 1 nitrogen and oxygen atoms in total. The van der Waals surface area contributed by atoms with Crippen LogP contribution in [0.3, 0.4) is 0 Å². The van der Waals surface area contributed by atoms with E-state index in [4.69, 9.17) is 4.42 Å². The van der Waals surface area contributed by atoms with Gasteiger partial charge in [0, 0.05) is 21.6 Å². The fraction of sp³-hybridized carbons (Fsp3) is 0.0909. The van der Waals surface area contributed by atoms with Gasteiger partial charge in [-0.05, 0) is 131 Å². The summed E-state index contributed by atoms with van der Waals surface area (Å²) in [5.74, 6) is 0. The van der Waals surface area contributed by atoms with Gasteiger partial charge in [-0.15, -0.1) is 0 Å². The van der Waals surface area contributed by atoms with E-state index in [9.17, 15) is 0 Å². The van der Waals surface area contributed by atoms with Gasteiger partial charge in [-0.25, -0.2) is 0 Å². The van der Waals surface area contributed by atoms with Crippen LogP contribution in [0.1, 0.15) is 38.8 Å². The summed E-state index contributed by atoms with van der Waals surface area (Å²) in [5.41, 5.74) is 14.6. The van der Waals surface area contributed by atoms with Crippen molar-refractivity contribution in [2.24, 2.45) is 0 Å². The second kappa shape index (κ2) is 12.2. The second-order valence-electron chi connectivity index (χ2n) is 15.8. The van der Waals surface area contributed by atoms with Crippen molar-refractivity contribution in [1.29, 1.82) is 0 Å². The quantitative estimate of drug-likeness (QED) is 0.177. The molecule has 0 amide bonds. The normalized spacial score (nSPS) is 14.1. The lowest BCUT2D eigenvalue weighted by Crippen LogP contribution is -2.29. The summed E-state index contributed by atoms with van der Waals surface area (Å²) < 4.78 is 6.62. The highest BCUT2D eigenvalue weighted by atomic mass is 16.3. The Morgan fingerprint density at radius 1 is 0.446 bits per heavy atom. The van der Waals surface area contributed by atoms with E-state index in [-0.39, 0.29) is 5.41 Å². The molecule has 0 spiro atoms. The summed E-state index contributed by atoms with van der Waals surface area (Å²) in [6.07, 6.45) is 4.56. The molecular weight excluding hydrogens is 677 g/mol. The van der Waals surface area contributed by atoms with Crippen molar-refractivity contribution in [3.8, 4) is 44.5 Å². The van der Waals surface area contributed by atoms with Crippen molar-refractivity contribution in [1.82, 2.24) is 0 Å². The molecule has 1 aliphatic carbocycles. The molecule has 11 rings (SSSR count). The first-order valence-electron chi connectivity index (χ1n) is 19.7. The zero-order valence-corrected chi connectivity index (χ0v) is 32.1. The van der Waals surface area contributed by atoms with Crippen LogP contribution in [0.25, 0.3) is 111 Å². The molecule has 0 atom stereocenters. The predicted octanol–water partition coefficient (Wildman–Crippen LogP) is 14.0. The molecule has 0 bridgehead atoms. The van der Waals surface area contributed by atoms with Crippen molar-refractivity contribution >= 4 is 66.4 Å². The lowest BCUT2D eigenvalue weighted by atomic mass is 9.79. The molecule has 0 unspecified atom stereocenters. The van der Waals surface area contributed by atoms with Gasteiger partial charge < -0.3 is 4.42 Å². The van der Waals surface area contributed by atoms with Crippen molar-refractivity contribution in [2.45, 2.75) is 33.1 Å². The molecule has 1 aromatic heterocycles. The van der Waals surface area contributed by atoms with E-state index in [1.807, 2.05) is 0 Å². The largest absolute Gasteiger partial charge is 0.455 e. The average molecular weight is 717 g/mol. The first kappa shape index (κ1) is 32.7. The molecule has 0 aliphatic heterocycles. The Bertz CT molecular complexity index is 3400. The summed E-state index contributed by atoms with van der Waals surface area (Å²) in [6.45, 7) is 9.09. The van der Waals surface area contributed by atoms with Gasteiger partial charge in [-0.1, -0.05) is 159 Å². The number of fused-ring (bicyclic) bond motifs is 12. The van der Waals surface area contributed by atoms with E-state index < -0.39 is 0 Å². The lowest BCUT2D eigenvalue weighted by molar-refractivity contribution is 0.659. The van der Waals surface area contributed by atoms with Gasteiger partial charge in [0.1, 0.15) is 11.2 Å². The van der Waals surface area contributed by atoms with Gasteiger partial charge in [0.2, 0.25) is 0 Å². The number of furan rings is 1. The number of benzene rings is 9. The Morgan fingerprint density at radius 3 is 1.64 bits per heavy atom. The van der Waals surface area contributed by atoms with Crippen LogP contribution in [-0.2, 0) is 5.41 Å². The lowest BCUT2D eigenvalue weighted by Gasteiger charge is -2.23. The Balaban J connectivity index is 1.07. The molecule has 1 aliphatic rings. The topological polar surface area (TPSA) is 13.1 Å². The minimum absolute atomic E-state index is 0.189. The molecular formula is C55H40O. The third-order valence-corrected chi connectivity index (χ3v) is 12.5. The number of hydrogen-bond acceptors (Lipinski definition) is 1. The standard InChI is InChI=1S/C55H40O/c1-5-39-40(6-2)50(42-19-11-10-18-41(42)49(39)33-16-8-7-9-17-33)38-27-26-34-30-35(24-25-36(34)31-38)37-28-29-47-46(32-37)51-43-20-12-13-21-44(43)54-52(53(51)55(47,3)4)45-22-14-15-23-48(45)56-54/h5-32H,1-4H3/b39-5+,40-6+. The maximum Gasteiger partial charge on any atom is 0.143 e. The van der Waals surface area contributed by atoms with Crippen LogP contribution in [0, 0.1) is 0 Å². The zero-order chi connectivity index (χ0) is 37.7. The Hall–Kier alpha value is -6.70. The molecule has 56 heavy (non-hydrogen) atoms. The van der Waals surface area contributed by atoms with E-state index in [0.29, 0.717) is 0 Å². The number of rotatable bonds is 3. The maximum atomic E-state index is 6.62. The zero-order valence-electron chi connectivity index (χ0n) is 32.1. The molecule has 9 aromatic carbocycles. The van der Waals surface area contributed by atoms with Crippen molar-refractivity contribution in [2.75, 3.05) is 0 Å². The number of hydrogen-bond donors (Lipinski definition) is 0. The van der Waals surface area contributed by atoms with Crippen LogP contribution < -0.4 is 10.4 Å². The van der Waals surface area contributed by atoms with Crippen LogP contribution in [-0.4, -0.2) is 0 Å². The second-order valence-corrected chi connectivity index (χ2v) is 15.8. The van der Waals surface area contributed by atoms with Crippen LogP contribution >= 0.6 is 0 Å². The van der Waals surface area contributed by atoms with Crippen molar-refractivity contribution < 1.29 is 4.42 Å². The Morgan fingerprint density at radius 2 is 0.964 bits per heavy atom. The van der Waals surface area contributed by atoms with Gasteiger partial charge in [0.25, 0.3) is 0 Å². The minimum Gasteiger partial charge on any atom is -0.455 e. The van der Waals surface area contributed by atoms with Crippen molar-refractivity contribution in [3.05, 3.63) is 179 Å². The molecule has 266 valence electrons. The van der Waals surface area contributed by atoms with Gasteiger partial charge in [-0.2, -0.15) is 0 Å². The summed E-state index contributed by atoms with van der Waals surface area (Å²) in [7, 11) is 0. The molecule has 0 saturated heterocycles. The SMILES string of the molecule is C/C=c1/c(-c2ccccc2)c2ccccc2c(-c2ccc3cc(-c4ccc5c(c4)-c4c(c6c7ccccc7oc6c6ccccc46)C5(C)C)ccc3c2)/c1=C/C. The van der Waals surface area contributed by atoms with Crippen LogP contribution in [0.2, 0.25) is 0 Å². The fourth-order valence-corrected chi connectivity index (χ4v) is 10.0. The minimum atomic E-state index is -0.189. The van der Waals surface area contributed by atoms with Gasteiger partial charge in [0.05, 0.1) is 0 Å². The molecule has 10 aromatic rings. The third-order valence-electron chi connectivity index (χ3n) is 12.5. The monoisotopic (exact) mass is 716 g/mol. The predicted molar refractivity (Wildman–Crippen MR) is 240 cm³/mol. The Labute approximate surface area is 326 Å². The third kappa shape index (κ3) is 4.55. The Kier molecular flexibility index (Phi) is 7.10. The summed E-state index contributed by atoms with van der Waals surface area (Å²) in [6, 6.07) is 58.1. The highest BCUT2D eigenvalue weighted by Gasteiger charge is 2.40. The molecule has 0 radical (unpaired) electrons. The summed E-state index contributed by atoms with van der Waals surface area (Å²) in [4.78, 5) is 0.